The highest BCUT2D eigenvalue weighted by Gasteiger charge is 2.18. The summed E-state index contributed by atoms with van der Waals surface area (Å²) in [6, 6.07) is 30.8. The van der Waals surface area contributed by atoms with Gasteiger partial charge in [0.1, 0.15) is 0 Å². The van der Waals surface area contributed by atoms with Crippen LogP contribution in [0.5, 0.6) is 0 Å². The zero-order valence-corrected chi connectivity index (χ0v) is 15.8. The molecule has 28 heavy (non-hydrogen) atoms. The van der Waals surface area contributed by atoms with Crippen molar-refractivity contribution in [3.8, 4) is 0 Å². The Morgan fingerprint density at radius 2 is 1.18 bits per heavy atom. The van der Waals surface area contributed by atoms with E-state index in [0.717, 1.165) is 0 Å². The second-order valence-electron chi connectivity index (χ2n) is 7.43. The molecule has 2 aromatic heterocycles. The van der Waals surface area contributed by atoms with E-state index in [1.165, 1.54) is 63.5 Å². The molecular weight excluding hydrogens is 358 g/mol. The van der Waals surface area contributed by atoms with Gasteiger partial charge in [-0.15, -0.1) is 11.3 Å². The maximum absolute atomic E-state index is 3.83. The quantitative estimate of drug-likeness (QED) is 0.277. The lowest BCUT2D eigenvalue weighted by atomic mass is 9.98. The first-order valence-corrected chi connectivity index (χ1v) is 10.4. The van der Waals surface area contributed by atoms with Gasteiger partial charge < -0.3 is 4.98 Å². The summed E-state index contributed by atoms with van der Waals surface area (Å²) in [5, 5.41) is 10.6. The smallest absolute Gasteiger partial charge is 0.0653 e. The molecule has 0 radical (unpaired) electrons. The van der Waals surface area contributed by atoms with Crippen molar-refractivity contribution in [1.82, 2.24) is 4.98 Å². The second kappa shape index (κ2) is 5.12. The summed E-state index contributed by atoms with van der Waals surface area (Å²) >= 11 is 1.90. The molecule has 0 saturated heterocycles. The van der Waals surface area contributed by atoms with Gasteiger partial charge in [-0.25, -0.2) is 0 Å². The number of H-pyrrole nitrogens is 1. The minimum Gasteiger partial charge on any atom is -0.353 e. The predicted octanol–water partition coefficient (Wildman–Crippen LogP) is 8.00. The Labute approximate surface area is 164 Å². The summed E-state index contributed by atoms with van der Waals surface area (Å²) in [5.41, 5.74) is 2.50. The molecule has 0 atom stereocenters. The van der Waals surface area contributed by atoms with Gasteiger partial charge in [-0.1, -0.05) is 78.9 Å². The molecule has 0 fully saturated rings. The van der Waals surface area contributed by atoms with Crippen LogP contribution in [-0.4, -0.2) is 4.98 Å². The van der Waals surface area contributed by atoms with Crippen LogP contribution in [0.15, 0.2) is 84.9 Å². The molecule has 0 aliphatic rings. The van der Waals surface area contributed by atoms with Crippen molar-refractivity contribution in [2.24, 2.45) is 0 Å². The second-order valence-corrected chi connectivity index (χ2v) is 8.48. The SMILES string of the molecule is c1ccc2c(c1)ccc1c2[nH]c2c3sc4ccccc4c3c3ccccc3c12. The van der Waals surface area contributed by atoms with E-state index in [9.17, 15) is 0 Å². The zero-order chi connectivity index (χ0) is 18.2. The number of hydrogen-bond donors (Lipinski definition) is 1. The minimum absolute atomic E-state index is 1.24. The Morgan fingerprint density at radius 3 is 2.04 bits per heavy atom. The van der Waals surface area contributed by atoms with E-state index in [0.29, 0.717) is 0 Å². The largest absolute Gasteiger partial charge is 0.353 e. The molecule has 7 rings (SSSR count). The topological polar surface area (TPSA) is 15.8 Å². The van der Waals surface area contributed by atoms with Gasteiger partial charge in [0.05, 0.1) is 15.7 Å². The number of rotatable bonds is 0. The van der Waals surface area contributed by atoms with Crippen LogP contribution in [0, 0.1) is 0 Å². The molecule has 0 aliphatic heterocycles. The fourth-order valence-electron chi connectivity index (χ4n) is 4.79. The molecule has 0 bridgehead atoms. The van der Waals surface area contributed by atoms with Crippen LogP contribution in [0.4, 0.5) is 0 Å². The third-order valence-electron chi connectivity index (χ3n) is 5.99. The number of aromatic amines is 1. The summed E-state index contributed by atoms with van der Waals surface area (Å²) < 4.78 is 2.70. The van der Waals surface area contributed by atoms with Crippen LogP contribution in [0.1, 0.15) is 0 Å². The first-order valence-electron chi connectivity index (χ1n) is 9.55. The highest BCUT2D eigenvalue weighted by atomic mass is 32.1. The first-order chi connectivity index (χ1) is 13.9. The van der Waals surface area contributed by atoms with Crippen LogP contribution in [0.2, 0.25) is 0 Å². The van der Waals surface area contributed by atoms with Crippen molar-refractivity contribution in [1.29, 1.82) is 0 Å². The van der Waals surface area contributed by atoms with Crippen molar-refractivity contribution < 1.29 is 0 Å². The van der Waals surface area contributed by atoms with Crippen LogP contribution < -0.4 is 0 Å². The Morgan fingerprint density at radius 1 is 0.500 bits per heavy atom. The van der Waals surface area contributed by atoms with Crippen molar-refractivity contribution in [2.75, 3.05) is 0 Å². The number of thiophene rings is 1. The number of fused-ring (bicyclic) bond motifs is 12. The molecule has 0 unspecified atom stereocenters. The molecule has 0 amide bonds. The predicted molar refractivity (Wildman–Crippen MR) is 124 cm³/mol. The molecule has 5 aromatic carbocycles. The molecule has 0 aliphatic carbocycles. The molecule has 7 aromatic rings. The van der Waals surface area contributed by atoms with Gasteiger partial charge in [-0.05, 0) is 22.2 Å². The number of hydrogen-bond acceptors (Lipinski definition) is 1. The molecule has 2 heterocycles. The van der Waals surface area contributed by atoms with Crippen LogP contribution in [0.25, 0.3) is 63.5 Å². The molecule has 1 nitrogen and oxygen atoms in total. The average Bonchev–Trinajstić information content (AvgIpc) is 3.33. The van der Waals surface area contributed by atoms with Gasteiger partial charge in [0, 0.05) is 31.6 Å². The standard InChI is InChI=1S/C26H15NS/c1-2-8-16-15(7-1)13-14-20-22-17-9-3-4-10-18(17)23-19-11-5-6-12-21(19)28-26(23)25(22)27-24(16)20/h1-14,27H. The summed E-state index contributed by atoms with van der Waals surface area (Å²) in [6.45, 7) is 0. The lowest BCUT2D eigenvalue weighted by molar-refractivity contribution is 1.59. The van der Waals surface area contributed by atoms with Gasteiger partial charge in [0.15, 0.2) is 0 Å². The zero-order valence-electron chi connectivity index (χ0n) is 15.0. The van der Waals surface area contributed by atoms with E-state index in [4.69, 9.17) is 0 Å². The lowest BCUT2D eigenvalue weighted by Gasteiger charge is -2.04. The van der Waals surface area contributed by atoms with Gasteiger partial charge >= 0.3 is 0 Å². The van der Waals surface area contributed by atoms with E-state index in [1.807, 2.05) is 11.3 Å². The van der Waals surface area contributed by atoms with Crippen LogP contribution in [-0.2, 0) is 0 Å². The summed E-state index contributed by atoms with van der Waals surface area (Å²) in [7, 11) is 0. The minimum atomic E-state index is 1.24. The molecule has 2 heteroatoms. The highest BCUT2D eigenvalue weighted by molar-refractivity contribution is 7.27. The van der Waals surface area contributed by atoms with E-state index >= 15 is 0 Å². The van der Waals surface area contributed by atoms with Gasteiger partial charge in [-0.3, -0.25) is 0 Å². The first kappa shape index (κ1) is 14.7. The Hall–Kier alpha value is -3.36. The normalized spacial score (nSPS) is 12.3. The van der Waals surface area contributed by atoms with Crippen molar-refractivity contribution >= 4 is 74.9 Å². The highest BCUT2D eigenvalue weighted by Crippen LogP contribution is 2.46. The Kier molecular flexibility index (Phi) is 2.68. The van der Waals surface area contributed by atoms with Gasteiger partial charge in [0.2, 0.25) is 0 Å². The molecule has 0 saturated carbocycles. The summed E-state index contributed by atoms with van der Waals surface area (Å²) in [4.78, 5) is 3.83. The molecule has 1 N–H and O–H groups in total. The van der Waals surface area contributed by atoms with Crippen molar-refractivity contribution in [3.63, 3.8) is 0 Å². The van der Waals surface area contributed by atoms with Gasteiger partial charge in [-0.2, -0.15) is 0 Å². The Balaban J connectivity index is 1.87. The van der Waals surface area contributed by atoms with E-state index in [1.54, 1.807) is 0 Å². The van der Waals surface area contributed by atoms with E-state index in [-0.39, 0.29) is 0 Å². The number of aromatic nitrogens is 1. The fourth-order valence-corrected chi connectivity index (χ4v) is 6.02. The number of nitrogens with one attached hydrogen (secondary N) is 1. The van der Waals surface area contributed by atoms with Crippen LogP contribution >= 0.6 is 11.3 Å². The molecular formula is C26H15NS. The molecule has 0 spiro atoms. The third-order valence-corrected chi connectivity index (χ3v) is 7.17. The van der Waals surface area contributed by atoms with Crippen molar-refractivity contribution in [2.45, 2.75) is 0 Å². The average molecular weight is 373 g/mol. The fraction of sp³-hybridized carbons (Fsp3) is 0. The van der Waals surface area contributed by atoms with E-state index < -0.39 is 0 Å². The monoisotopic (exact) mass is 373 g/mol. The van der Waals surface area contributed by atoms with E-state index in [2.05, 4.69) is 89.9 Å². The summed E-state index contributed by atoms with van der Waals surface area (Å²) in [5.74, 6) is 0. The molecule has 130 valence electrons. The third kappa shape index (κ3) is 1.71. The Bertz CT molecular complexity index is 1720. The summed E-state index contributed by atoms with van der Waals surface area (Å²) in [6.07, 6.45) is 0. The lowest BCUT2D eigenvalue weighted by Crippen LogP contribution is -1.77. The maximum atomic E-state index is 3.83. The maximum Gasteiger partial charge on any atom is 0.0653 e. The van der Waals surface area contributed by atoms with Gasteiger partial charge in [0.25, 0.3) is 0 Å². The van der Waals surface area contributed by atoms with Crippen LogP contribution in [0.3, 0.4) is 0 Å². The van der Waals surface area contributed by atoms with Crippen molar-refractivity contribution in [3.05, 3.63) is 84.9 Å². The number of benzene rings is 5.